The third-order valence-electron chi connectivity index (χ3n) is 3.97. The molecule has 0 aliphatic rings. The normalized spacial score (nSPS) is 10.8. The Morgan fingerprint density at radius 2 is 1.73 bits per heavy atom. The lowest BCUT2D eigenvalue weighted by molar-refractivity contribution is -0.117. The van der Waals surface area contributed by atoms with Gasteiger partial charge >= 0.3 is 0 Å². The highest BCUT2D eigenvalue weighted by atomic mass is 32.1. The predicted octanol–water partition coefficient (Wildman–Crippen LogP) is 5.26. The van der Waals surface area contributed by atoms with Crippen molar-refractivity contribution in [2.24, 2.45) is 0 Å². The predicted molar refractivity (Wildman–Crippen MR) is 106 cm³/mol. The van der Waals surface area contributed by atoms with Gasteiger partial charge < -0.3 is 9.64 Å². The monoisotopic (exact) mass is 366 g/mol. The maximum absolute atomic E-state index is 12.5. The highest BCUT2D eigenvalue weighted by Crippen LogP contribution is 2.25. The molecular formula is C21H22N2O2S. The minimum absolute atomic E-state index is 0.0160. The number of carbonyl (C=O) groups excluding carboxylic acids is 1. The second-order valence-electron chi connectivity index (χ2n) is 6.37. The molecule has 0 radical (unpaired) electrons. The van der Waals surface area contributed by atoms with Gasteiger partial charge in [0.15, 0.2) is 0 Å². The van der Waals surface area contributed by atoms with Gasteiger partial charge in [-0.15, -0.1) is 11.3 Å². The van der Waals surface area contributed by atoms with E-state index in [2.05, 4.69) is 18.8 Å². The zero-order valence-electron chi connectivity index (χ0n) is 15.2. The van der Waals surface area contributed by atoms with Crippen LogP contribution in [-0.4, -0.2) is 17.9 Å². The lowest BCUT2D eigenvalue weighted by Gasteiger charge is -2.17. The van der Waals surface area contributed by atoms with Crippen LogP contribution in [0, 0.1) is 0 Å². The maximum Gasteiger partial charge on any atom is 0.232 e. The fraction of sp³-hybridized carbons (Fsp3) is 0.238. The Kier molecular flexibility index (Phi) is 5.68. The summed E-state index contributed by atoms with van der Waals surface area (Å²) < 4.78 is 5.78. The van der Waals surface area contributed by atoms with Crippen LogP contribution in [0.4, 0.5) is 5.69 Å². The minimum atomic E-state index is 0.0160. The molecule has 134 valence electrons. The first-order valence-corrected chi connectivity index (χ1v) is 9.44. The van der Waals surface area contributed by atoms with Crippen molar-refractivity contribution in [1.82, 2.24) is 4.98 Å². The van der Waals surface area contributed by atoms with E-state index in [0.29, 0.717) is 12.3 Å². The molecule has 1 heterocycles. The topological polar surface area (TPSA) is 42.4 Å². The van der Waals surface area contributed by atoms with Crippen LogP contribution in [0.1, 0.15) is 30.5 Å². The molecule has 0 atom stereocenters. The molecule has 3 rings (SSSR count). The van der Waals surface area contributed by atoms with Crippen molar-refractivity contribution in [2.75, 3.05) is 11.9 Å². The molecule has 2 aromatic carbocycles. The Morgan fingerprint density at radius 3 is 2.35 bits per heavy atom. The molecule has 5 heteroatoms. The molecule has 0 N–H and O–H groups in total. The number of anilines is 1. The minimum Gasteiger partial charge on any atom is -0.457 e. The summed E-state index contributed by atoms with van der Waals surface area (Å²) in [7, 11) is 1.78. The van der Waals surface area contributed by atoms with Crippen molar-refractivity contribution in [3.8, 4) is 11.5 Å². The molecule has 0 aliphatic heterocycles. The molecule has 0 fully saturated rings. The molecule has 0 unspecified atom stereocenters. The number of carbonyl (C=O) groups is 1. The summed E-state index contributed by atoms with van der Waals surface area (Å²) in [6.07, 6.45) is 0.308. The lowest BCUT2D eigenvalue weighted by Crippen LogP contribution is -2.27. The molecular weight excluding hydrogens is 344 g/mol. The Labute approximate surface area is 158 Å². The van der Waals surface area contributed by atoms with E-state index in [1.807, 2.05) is 60.0 Å². The van der Waals surface area contributed by atoms with Crippen LogP contribution in [0.5, 0.6) is 11.5 Å². The molecule has 0 aliphatic carbocycles. The zero-order chi connectivity index (χ0) is 18.5. The third-order valence-corrected chi connectivity index (χ3v) is 5.17. The Balaban J connectivity index is 1.63. The van der Waals surface area contributed by atoms with E-state index in [1.54, 1.807) is 23.3 Å². The smallest absolute Gasteiger partial charge is 0.232 e. The van der Waals surface area contributed by atoms with Crippen LogP contribution in [0.25, 0.3) is 0 Å². The largest absolute Gasteiger partial charge is 0.457 e. The number of para-hydroxylation sites is 1. The summed E-state index contributed by atoms with van der Waals surface area (Å²) in [4.78, 5) is 18.7. The number of likely N-dealkylation sites (N-methyl/N-ethyl adjacent to an activating group) is 1. The van der Waals surface area contributed by atoms with Crippen molar-refractivity contribution < 1.29 is 9.53 Å². The zero-order valence-corrected chi connectivity index (χ0v) is 16.0. The van der Waals surface area contributed by atoms with Gasteiger partial charge in [0.25, 0.3) is 0 Å². The molecule has 0 saturated heterocycles. The van der Waals surface area contributed by atoms with Crippen molar-refractivity contribution in [2.45, 2.75) is 26.2 Å². The van der Waals surface area contributed by atoms with Crippen LogP contribution in [0.15, 0.2) is 60.0 Å². The number of benzene rings is 2. The van der Waals surface area contributed by atoms with E-state index in [-0.39, 0.29) is 5.91 Å². The van der Waals surface area contributed by atoms with Gasteiger partial charge in [0.05, 0.1) is 17.1 Å². The second-order valence-corrected chi connectivity index (χ2v) is 7.26. The maximum atomic E-state index is 12.5. The van der Waals surface area contributed by atoms with Crippen molar-refractivity contribution in [3.05, 3.63) is 70.7 Å². The van der Waals surface area contributed by atoms with E-state index in [0.717, 1.165) is 27.9 Å². The van der Waals surface area contributed by atoms with Gasteiger partial charge in [-0.1, -0.05) is 32.0 Å². The average molecular weight is 366 g/mol. The number of hydrogen-bond acceptors (Lipinski definition) is 4. The average Bonchev–Trinajstić information content (AvgIpc) is 3.11. The summed E-state index contributed by atoms with van der Waals surface area (Å²) in [5.74, 6) is 1.93. The van der Waals surface area contributed by atoms with Crippen molar-refractivity contribution >= 4 is 22.9 Å². The molecule has 0 spiro atoms. The quantitative estimate of drug-likeness (QED) is 0.597. The summed E-state index contributed by atoms with van der Waals surface area (Å²) in [6.45, 7) is 4.21. The van der Waals surface area contributed by atoms with E-state index in [1.165, 1.54) is 0 Å². The third kappa shape index (κ3) is 4.49. The Bertz CT molecular complexity index is 857. The molecule has 0 saturated carbocycles. The van der Waals surface area contributed by atoms with Crippen LogP contribution in [0.2, 0.25) is 0 Å². The van der Waals surface area contributed by atoms with Gasteiger partial charge in [-0.2, -0.15) is 0 Å². The molecule has 4 nitrogen and oxygen atoms in total. The summed E-state index contributed by atoms with van der Waals surface area (Å²) in [5, 5.41) is 3.04. The first kappa shape index (κ1) is 18.1. The van der Waals surface area contributed by atoms with Gasteiger partial charge in [-0.25, -0.2) is 4.98 Å². The summed E-state index contributed by atoms with van der Waals surface area (Å²) >= 11 is 1.61. The van der Waals surface area contributed by atoms with Crippen molar-refractivity contribution in [1.29, 1.82) is 0 Å². The molecule has 1 aromatic heterocycles. The van der Waals surface area contributed by atoms with Crippen LogP contribution >= 0.6 is 11.3 Å². The number of ether oxygens (including phenoxy) is 1. The highest BCUT2D eigenvalue weighted by Gasteiger charge is 2.15. The summed E-state index contributed by atoms with van der Waals surface area (Å²) in [6, 6.07) is 17.1. The van der Waals surface area contributed by atoms with E-state index < -0.39 is 0 Å². The number of aromatic nitrogens is 1. The van der Waals surface area contributed by atoms with Crippen LogP contribution < -0.4 is 9.64 Å². The number of amides is 1. The fourth-order valence-corrected chi connectivity index (χ4v) is 3.28. The van der Waals surface area contributed by atoms with Gasteiger partial charge in [0.2, 0.25) is 5.91 Å². The Morgan fingerprint density at radius 1 is 1.08 bits per heavy atom. The van der Waals surface area contributed by atoms with Crippen LogP contribution in [-0.2, 0) is 11.2 Å². The number of nitrogens with zero attached hydrogens (tertiary/aromatic N) is 2. The van der Waals surface area contributed by atoms with Gasteiger partial charge in [-0.3, -0.25) is 4.79 Å². The van der Waals surface area contributed by atoms with E-state index in [4.69, 9.17) is 4.74 Å². The first-order chi connectivity index (χ1) is 12.5. The molecule has 0 bridgehead atoms. The lowest BCUT2D eigenvalue weighted by atomic mass is 10.2. The number of thiazole rings is 1. The number of rotatable bonds is 6. The first-order valence-electron chi connectivity index (χ1n) is 8.57. The molecule has 26 heavy (non-hydrogen) atoms. The van der Waals surface area contributed by atoms with Gasteiger partial charge in [0, 0.05) is 24.0 Å². The highest BCUT2D eigenvalue weighted by molar-refractivity contribution is 7.09. The summed E-state index contributed by atoms with van der Waals surface area (Å²) in [5.41, 5.74) is 1.66. The fourth-order valence-electron chi connectivity index (χ4n) is 2.45. The van der Waals surface area contributed by atoms with Crippen molar-refractivity contribution in [3.63, 3.8) is 0 Å². The molecule has 1 amide bonds. The molecule has 3 aromatic rings. The number of hydrogen-bond donors (Lipinski definition) is 0. The second kappa shape index (κ2) is 8.15. The standard InChI is InChI=1S/C21H22N2O2S/c1-15(2)21-22-16(14-26-21)13-20(24)23(3)17-9-11-19(12-10-17)25-18-7-5-4-6-8-18/h4-12,14-15H,13H2,1-3H3. The van der Waals surface area contributed by atoms with Gasteiger partial charge in [-0.05, 0) is 36.4 Å². The van der Waals surface area contributed by atoms with Gasteiger partial charge in [0.1, 0.15) is 11.5 Å². The van der Waals surface area contributed by atoms with E-state index >= 15 is 0 Å². The SMILES string of the molecule is CC(C)c1nc(CC(=O)N(C)c2ccc(Oc3ccccc3)cc2)cs1. The van der Waals surface area contributed by atoms with E-state index in [9.17, 15) is 4.79 Å². The van der Waals surface area contributed by atoms with Crippen LogP contribution in [0.3, 0.4) is 0 Å². The Hall–Kier alpha value is -2.66.